The van der Waals surface area contributed by atoms with E-state index in [0.717, 1.165) is 0 Å². The Labute approximate surface area is 48.2 Å². The van der Waals surface area contributed by atoms with Crippen LogP contribution in [0.5, 0.6) is 0 Å². The van der Waals surface area contributed by atoms with Gasteiger partial charge in [-0.15, -0.1) is 0 Å². The van der Waals surface area contributed by atoms with E-state index < -0.39 is 0 Å². The summed E-state index contributed by atoms with van der Waals surface area (Å²) in [5.74, 6) is 0. The molecule has 0 aromatic heterocycles. The Hall–Kier alpha value is -0.890. The van der Waals surface area contributed by atoms with Crippen molar-refractivity contribution in [1.82, 2.24) is 0 Å². The molecule has 2 heteroatoms. The minimum absolute atomic E-state index is 0.181. The molecule has 0 saturated carbocycles. The first kappa shape index (κ1) is 5.25. The third-order valence-electron chi connectivity index (χ3n) is 1.06. The molecule has 42 valence electrons. The summed E-state index contributed by atoms with van der Waals surface area (Å²) in [6.07, 6.45) is 7.15. The van der Waals surface area contributed by atoms with Crippen LogP contribution in [0.2, 0.25) is 0 Å². The number of nitrogens with one attached hydrogen (secondary N) is 1. The second kappa shape index (κ2) is 1.92. The fourth-order valence-electron chi connectivity index (χ4n) is 0.558. The highest BCUT2D eigenvalue weighted by molar-refractivity contribution is 5.99. The molecular weight excluding hydrogens is 100 g/mol. The Morgan fingerprint density at radius 1 is 1.50 bits per heavy atom. The Balaban J connectivity index is 2.74. The highest BCUT2D eigenvalue weighted by Crippen LogP contribution is 1.94. The van der Waals surface area contributed by atoms with Gasteiger partial charge >= 0.3 is 0 Å². The second-order valence-electron chi connectivity index (χ2n) is 1.73. The van der Waals surface area contributed by atoms with Gasteiger partial charge in [-0.05, 0) is 6.08 Å². The van der Waals surface area contributed by atoms with Crippen molar-refractivity contribution in [2.24, 2.45) is 5.73 Å². The van der Waals surface area contributed by atoms with E-state index in [1.54, 1.807) is 12.2 Å². The Bertz CT molecular complexity index is 156. The molecule has 0 bridgehead atoms. The summed E-state index contributed by atoms with van der Waals surface area (Å²) < 4.78 is 0. The predicted octanol–water partition coefficient (Wildman–Crippen LogP) is 0.459. The van der Waals surface area contributed by atoms with Gasteiger partial charge in [-0.3, -0.25) is 0 Å². The van der Waals surface area contributed by atoms with Gasteiger partial charge < -0.3 is 11.1 Å². The van der Waals surface area contributed by atoms with E-state index in [2.05, 4.69) is 0 Å². The van der Waals surface area contributed by atoms with Crippen molar-refractivity contribution in [3.63, 3.8) is 0 Å². The highest BCUT2D eigenvalue weighted by atomic mass is 14.7. The molecule has 0 aromatic carbocycles. The monoisotopic (exact) mass is 108 g/mol. The van der Waals surface area contributed by atoms with Gasteiger partial charge in [0, 0.05) is 0 Å². The Morgan fingerprint density at radius 3 is 2.62 bits per heavy atom. The van der Waals surface area contributed by atoms with E-state index in [1.807, 2.05) is 12.2 Å². The number of rotatable bonds is 0. The zero-order valence-corrected chi connectivity index (χ0v) is 4.46. The third kappa shape index (κ3) is 0.845. The Morgan fingerprint density at radius 2 is 2.25 bits per heavy atom. The molecule has 3 N–H and O–H groups in total. The van der Waals surface area contributed by atoms with Gasteiger partial charge in [-0.1, -0.05) is 18.2 Å². The summed E-state index contributed by atoms with van der Waals surface area (Å²) >= 11 is 0. The van der Waals surface area contributed by atoms with Crippen molar-refractivity contribution in [3.05, 3.63) is 24.3 Å². The molecule has 0 aliphatic heterocycles. The van der Waals surface area contributed by atoms with Gasteiger partial charge in [0.25, 0.3) is 0 Å². The van der Waals surface area contributed by atoms with E-state index >= 15 is 0 Å². The average molecular weight is 108 g/mol. The zero-order chi connectivity index (χ0) is 5.98. The number of nitrogens with two attached hydrogens (primary N) is 1. The van der Waals surface area contributed by atoms with Crippen molar-refractivity contribution in [3.8, 4) is 0 Å². The molecule has 1 rings (SSSR count). The van der Waals surface area contributed by atoms with Crippen LogP contribution in [0.25, 0.3) is 0 Å². The molecule has 8 heavy (non-hydrogen) atoms. The van der Waals surface area contributed by atoms with Crippen LogP contribution >= 0.6 is 0 Å². The number of hydrogen-bond donors (Lipinski definition) is 2. The summed E-state index contributed by atoms with van der Waals surface area (Å²) in [6, 6.07) is -0.181. The molecule has 2 nitrogen and oxygen atoms in total. The minimum Gasteiger partial charge on any atom is -0.319 e. The molecule has 1 atom stereocenters. The summed E-state index contributed by atoms with van der Waals surface area (Å²) in [5.41, 5.74) is 5.89. The fourth-order valence-corrected chi connectivity index (χ4v) is 0.558. The van der Waals surface area contributed by atoms with Crippen molar-refractivity contribution < 1.29 is 0 Å². The SMILES string of the molecule is N=C1C=CC=C[C@@H]1N. The number of allylic oxidation sites excluding steroid dienone is 2. The first-order chi connectivity index (χ1) is 3.80. The maximum atomic E-state index is 7.13. The maximum Gasteiger partial charge on any atom is 0.0652 e. The van der Waals surface area contributed by atoms with Crippen LogP contribution in [0.4, 0.5) is 0 Å². The summed E-state index contributed by atoms with van der Waals surface area (Å²) in [4.78, 5) is 0. The molecule has 0 spiro atoms. The quantitative estimate of drug-likeness (QED) is 0.465. The summed E-state index contributed by atoms with van der Waals surface area (Å²) in [6.45, 7) is 0. The molecule has 0 radical (unpaired) electrons. The smallest absolute Gasteiger partial charge is 0.0652 e. The van der Waals surface area contributed by atoms with E-state index in [0.29, 0.717) is 5.71 Å². The lowest BCUT2D eigenvalue weighted by Crippen LogP contribution is -2.26. The second-order valence-corrected chi connectivity index (χ2v) is 1.73. The molecule has 0 aromatic rings. The predicted molar refractivity (Wildman–Crippen MR) is 34.0 cm³/mol. The van der Waals surface area contributed by atoms with Crippen LogP contribution in [-0.2, 0) is 0 Å². The van der Waals surface area contributed by atoms with Gasteiger partial charge in [0.15, 0.2) is 0 Å². The van der Waals surface area contributed by atoms with Crippen molar-refractivity contribution in [2.45, 2.75) is 6.04 Å². The van der Waals surface area contributed by atoms with E-state index in [1.165, 1.54) is 0 Å². The van der Waals surface area contributed by atoms with Crippen LogP contribution in [-0.4, -0.2) is 11.8 Å². The van der Waals surface area contributed by atoms with Crippen molar-refractivity contribution >= 4 is 5.71 Å². The van der Waals surface area contributed by atoms with Gasteiger partial charge in [0.1, 0.15) is 0 Å². The lowest BCUT2D eigenvalue weighted by molar-refractivity contribution is 1.07. The van der Waals surface area contributed by atoms with Gasteiger partial charge in [-0.25, -0.2) is 0 Å². The maximum absolute atomic E-state index is 7.13. The molecule has 1 aliphatic carbocycles. The largest absolute Gasteiger partial charge is 0.319 e. The van der Waals surface area contributed by atoms with Gasteiger partial charge in [0.05, 0.1) is 11.8 Å². The molecule has 0 saturated heterocycles. The van der Waals surface area contributed by atoms with E-state index in [4.69, 9.17) is 11.1 Å². The summed E-state index contributed by atoms with van der Waals surface area (Å²) in [5, 5.41) is 7.13. The molecular formula is C6H8N2. The molecule has 0 fully saturated rings. The summed E-state index contributed by atoms with van der Waals surface area (Å²) in [7, 11) is 0. The Kier molecular flexibility index (Phi) is 1.26. The standard InChI is InChI=1S/C6H8N2/c7-5-3-1-2-4-6(5)8/h1-5,8H,7H2/t5-/m0/s1. The highest BCUT2D eigenvalue weighted by Gasteiger charge is 2.02. The van der Waals surface area contributed by atoms with Crippen molar-refractivity contribution in [2.75, 3.05) is 0 Å². The van der Waals surface area contributed by atoms with E-state index in [-0.39, 0.29) is 6.04 Å². The zero-order valence-electron chi connectivity index (χ0n) is 4.46. The normalized spacial score (nSPS) is 26.6. The van der Waals surface area contributed by atoms with Crippen LogP contribution in [0.15, 0.2) is 24.3 Å². The lowest BCUT2D eigenvalue weighted by Gasteiger charge is -2.05. The number of hydrogen-bond acceptors (Lipinski definition) is 2. The van der Waals surface area contributed by atoms with Crippen LogP contribution in [0.3, 0.4) is 0 Å². The molecule has 0 unspecified atom stereocenters. The fraction of sp³-hybridized carbons (Fsp3) is 0.167. The van der Waals surface area contributed by atoms with Crippen molar-refractivity contribution in [1.29, 1.82) is 5.41 Å². The van der Waals surface area contributed by atoms with Crippen LogP contribution < -0.4 is 5.73 Å². The topological polar surface area (TPSA) is 49.9 Å². The molecule has 1 aliphatic rings. The third-order valence-corrected chi connectivity index (χ3v) is 1.06. The molecule has 0 amide bonds. The van der Waals surface area contributed by atoms with Gasteiger partial charge in [-0.2, -0.15) is 0 Å². The van der Waals surface area contributed by atoms with E-state index in [9.17, 15) is 0 Å². The first-order valence-electron chi connectivity index (χ1n) is 2.49. The van der Waals surface area contributed by atoms with Gasteiger partial charge in [0.2, 0.25) is 0 Å². The minimum atomic E-state index is -0.181. The van der Waals surface area contributed by atoms with Crippen LogP contribution in [0, 0.1) is 5.41 Å². The average Bonchev–Trinajstić information content (AvgIpc) is 1.77. The first-order valence-corrected chi connectivity index (χ1v) is 2.49. The molecule has 0 heterocycles. The lowest BCUT2D eigenvalue weighted by atomic mass is 10.1. The van der Waals surface area contributed by atoms with Crippen LogP contribution in [0.1, 0.15) is 0 Å².